The lowest BCUT2D eigenvalue weighted by molar-refractivity contribution is 0.358. The molecule has 0 heterocycles. The molecule has 0 spiro atoms. The fourth-order valence-electron chi connectivity index (χ4n) is 1.36. The van der Waals surface area contributed by atoms with E-state index < -0.39 is 0 Å². The smallest absolute Gasteiger partial charge is 0.188 e. The molecule has 14 heavy (non-hydrogen) atoms. The molecule has 0 radical (unpaired) electrons. The van der Waals surface area contributed by atoms with Gasteiger partial charge in [0.2, 0.25) is 0 Å². The number of benzene rings is 1. The van der Waals surface area contributed by atoms with Crippen molar-refractivity contribution in [1.29, 1.82) is 0 Å². The molecular formula is C12H13NO. The van der Waals surface area contributed by atoms with E-state index >= 15 is 0 Å². The molecule has 1 aromatic carbocycles. The maximum atomic E-state index is 6.91. The molecule has 1 rings (SSSR count). The molecule has 0 atom stereocenters. The molecule has 0 unspecified atom stereocenters. The van der Waals surface area contributed by atoms with Gasteiger partial charge in [-0.3, -0.25) is 0 Å². The zero-order valence-electron chi connectivity index (χ0n) is 8.50. The van der Waals surface area contributed by atoms with E-state index in [0.29, 0.717) is 12.3 Å². The fraction of sp³-hybridized carbons (Fsp3) is 0.250. The molecular weight excluding hydrogens is 174 g/mol. The first-order valence-corrected chi connectivity index (χ1v) is 4.41. The van der Waals surface area contributed by atoms with Gasteiger partial charge in [-0.05, 0) is 37.1 Å². The number of ether oxygens (including phenoxy) is 1. The minimum absolute atomic E-state index is 0.499. The van der Waals surface area contributed by atoms with Gasteiger partial charge >= 0.3 is 0 Å². The monoisotopic (exact) mass is 187 g/mol. The molecule has 0 aliphatic carbocycles. The van der Waals surface area contributed by atoms with Crippen LogP contribution in [0.1, 0.15) is 11.1 Å². The highest BCUT2D eigenvalue weighted by molar-refractivity contribution is 5.55. The minimum atomic E-state index is 0.499. The maximum absolute atomic E-state index is 6.91. The van der Waals surface area contributed by atoms with Crippen LogP contribution < -0.4 is 4.74 Å². The normalized spacial score (nSPS) is 9.21. The van der Waals surface area contributed by atoms with E-state index in [1.807, 2.05) is 26.0 Å². The highest BCUT2D eigenvalue weighted by atomic mass is 16.5. The summed E-state index contributed by atoms with van der Waals surface area (Å²) in [6, 6.07) is 3.66. The topological polar surface area (TPSA) is 13.6 Å². The molecule has 0 saturated heterocycles. The van der Waals surface area contributed by atoms with Gasteiger partial charge in [-0.15, -0.1) is 0 Å². The van der Waals surface area contributed by atoms with Gasteiger partial charge in [-0.2, -0.15) is 0 Å². The second-order valence-electron chi connectivity index (χ2n) is 3.12. The first kappa shape index (κ1) is 10.3. The fourth-order valence-corrected chi connectivity index (χ4v) is 1.36. The lowest BCUT2D eigenvalue weighted by Gasteiger charge is -2.10. The van der Waals surface area contributed by atoms with Gasteiger partial charge in [-0.25, -0.2) is 4.85 Å². The van der Waals surface area contributed by atoms with Crippen LogP contribution in [0, 0.1) is 20.4 Å². The molecule has 0 aliphatic heterocycles. The van der Waals surface area contributed by atoms with Crippen molar-refractivity contribution in [3.8, 4) is 5.75 Å². The lowest BCUT2D eigenvalue weighted by Crippen LogP contribution is -1.97. The first-order valence-electron chi connectivity index (χ1n) is 4.41. The predicted octanol–water partition coefficient (Wildman–Crippen LogP) is 3.42. The second-order valence-corrected chi connectivity index (χ2v) is 3.12. The van der Waals surface area contributed by atoms with E-state index in [1.54, 1.807) is 6.08 Å². The first-order chi connectivity index (χ1) is 6.69. The van der Waals surface area contributed by atoms with Crippen LogP contribution in [-0.2, 0) is 0 Å². The number of rotatable bonds is 3. The Morgan fingerprint density at radius 1 is 1.43 bits per heavy atom. The number of aryl methyl sites for hydroxylation is 2. The van der Waals surface area contributed by atoms with Crippen LogP contribution in [0.5, 0.6) is 5.75 Å². The van der Waals surface area contributed by atoms with Crippen LogP contribution in [-0.4, -0.2) is 6.61 Å². The Morgan fingerprint density at radius 2 is 2.00 bits per heavy atom. The van der Waals surface area contributed by atoms with Crippen molar-refractivity contribution in [2.45, 2.75) is 13.8 Å². The van der Waals surface area contributed by atoms with Crippen molar-refractivity contribution < 1.29 is 4.74 Å². The van der Waals surface area contributed by atoms with E-state index in [4.69, 9.17) is 11.3 Å². The summed E-state index contributed by atoms with van der Waals surface area (Å²) in [5.41, 5.74) is 2.65. The Morgan fingerprint density at radius 3 is 2.43 bits per heavy atom. The van der Waals surface area contributed by atoms with Crippen molar-refractivity contribution in [2.75, 3.05) is 6.61 Å². The molecule has 1 aromatic rings. The molecule has 0 saturated carbocycles. The highest BCUT2D eigenvalue weighted by Crippen LogP contribution is 2.28. The third kappa shape index (κ3) is 2.14. The summed E-state index contributed by atoms with van der Waals surface area (Å²) in [7, 11) is 0. The Labute approximate surface area is 84.6 Å². The second kappa shape index (κ2) is 4.48. The van der Waals surface area contributed by atoms with Crippen molar-refractivity contribution in [3.05, 3.63) is 47.3 Å². The van der Waals surface area contributed by atoms with E-state index in [-0.39, 0.29) is 0 Å². The molecule has 0 fully saturated rings. The van der Waals surface area contributed by atoms with Crippen molar-refractivity contribution in [2.24, 2.45) is 0 Å². The Hall–Kier alpha value is -1.75. The quantitative estimate of drug-likeness (QED) is 0.522. The van der Waals surface area contributed by atoms with Crippen molar-refractivity contribution >= 4 is 5.69 Å². The zero-order valence-corrected chi connectivity index (χ0v) is 8.50. The number of hydrogen-bond donors (Lipinski definition) is 0. The molecule has 0 bridgehead atoms. The summed E-state index contributed by atoms with van der Waals surface area (Å²) in [4.78, 5) is 3.39. The van der Waals surface area contributed by atoms with Crippen LogP contribution in [0.3, 0.4) is 0 Å². The summed E-state index contributed by atoms with van der Waals surface area (Å²) >= 11 is 0. The van der Waals surface area contributed by atoms with Crippen LogP contribution in [0.15, 0.2) is 24.8 Å². The average molecular weight is 187 g/mol. The van der Waals surface area contributed by atoms with Gasteiger partial charge in [-0.1, -0.05) is 12.7 Å². The molecule has 0 N–H and O–H groups in total. The molecule has 2 heteroatoms. The maximum Gasteiger partial charge on any atom is 0.188 e. The molecule has 0 aromatic heterocycles. The minimum Gasteiger partial charge on any atom is -0.489 e. The summed E-state index contributed by atoms with van der Waals surface area (Å²) in [5, 5.41) is 0. The van der Waals surface area contributed by atoms with E-state index in [2.05, 4.69) is 11.4 Å². The molecule has 0 aliphatic rings. The summed E-state index contributed by atoms with van der Waals surface area (Å²) in [6.45, 7) is 14.9. The third-order valence-electron chi connectivity index (χ3n) is 1.92. The largest absolute Gasteiger partial charge is 0.489 e. The Balaban J connectivity index is 3.06. The summed E-state index contributed by atoms with van der Waals surface area (Å²) in [5.74, 6) is 0.859. The predicted molar refractivity (Wildman–Crippen MR) is 57.9 cm³/mol. The Bertz CT molecular complexity index is 365. The number of hydrogen-bond acceptors (Lipinski definition) is 1. The summed E-state index contributed by atoms with van der Waals surface area (Å²) in [6.07, 6.45) is 1.71. The van der Waals surface area contributed by atoms with Gasteiger partial charge in [0, 0.05) is 0 Å². The van der Waals surface area contributed by atoms with Gasteiger partial charge in [0.15, 0.2) is 5.69 Å². The van der Waals surface area contributed by atoms with Gasteiger partial charge < -0.3 is 4.74 Å². The zero-order chi connectivity index (χ0) is 10.6. The van der Waals surface area contributed by atoms with Crippen LogP contribution in [0.4, 0.5) is 5.69 Å². The SMILES string of the molecule is [C-]#[N+]c1cc(C)c(OCC=C)c(C)c1. The summed E-state index contributed by atoms with van der Waals surface area (Å²) < 4.78 is 5.50. The standard InChI is InChI=1S/C12H13NO/c1-5-6-14-12-9(2)7-11(13-4)8-10(12)3/h5,7-8H,1,6H2,2-3H3. The van der Waals surface area contributed by atoms with Crippen LogP contribution >= 0.6 is 0 Å². The van der Waals surface area contributed by atoms with Gasteiger partial charge in [0.1, 0.15) is 12.4 Å². The third-order valence-corrected chi connectivity index (χ3v) is 1.92. The Kier molecular flexibility index (Phi) is 3.30. The molecule has 0 amide bonds. The van der Waals surface area contributed by atoms with Gasteiger partial charge in [0.05, 0.1) is 6.57 Å². The molecule has 72 valence electrons. The number of nitrogens with zero attached hydrogens (tertiary/aromatic N) is 1. The van der Waals surface area contributed by atoms with Crippen molar-refractivity contribution in [3.63, 3.8) is 0 Å². The average Bonchev–Trinajstić information content (AvgIpc) is 2.16. The molecule has 2 nitrogen and oxygen atoms in total. The van der Waals surface area contributed by atoms with Crippen LogP contribution in [0.2, 0.25) is 0 Å². The van der Waals surface area contributed by atoms with Gasteiger partial charge in [0.25, 0.3) is 0 Å². The highest BCUT2D eigenvalue weighted by Gasteiger charge is 2.05. The van der Waals surface area contributed by atoms with E-state index in [9.17, 15) is 0 Å². The lowest BCUT2D eigenvalue weighted by atomic mass is 10.1. The van der Waals surface area contributed by atoms with Crippen molar-refractivity contribution in [1.82, 2.24) is 0 Å². The van der Waals surface area contributed by atoms with E-state index in [0.717, 1.165) is 16.9 Å². The van der Waals surface area contributed by atoms with E-state index in [1.165, 1.54) is 0 Å². The van der Waals surface area contributed by atoms with Crippen LogP contribution in [0.25, 0.3) is 4.85 Å².